The van der Waals surface area contributed by atoms with Crippen LogP contribution in [0.4, 0.5) is 11.6 Å². The number of amides is 2. The molecule has 1 aromatic carbocycles. The first kappa shape index (κ1) is 30.8. The average Bonchev–Trinajstić information content (AvgIpc) is 3.52. The Bertz CT molecular complexity index is 1970. The number of carbonyl (C=O) groups excluding carboxylic acids is 2. The minimum atomic E-state index is -1.16. The molecular formula is C37H38I2N7O2-. The van der Waals surface area contributed by atoms with Gasteiger partial charge in [-0.25, -0.2) is 4.98 Å². The molecule has 9 nitrogen and oxygen atoms in total. The molecule has 4 aromatic rings. The van der Waals surface area contributed by atoms with Crippen molar-refractivity contribution in [2.24, 2.45) is 29.6 Å². The standard InChI is InChI=1S/C37H38I2N7O2/c1-39(27-19-23(27)24-18-25-31(24)26-20-38-32(25)26)13-4-8-30(47)45-16-5-6-28(45)36-44-33(34-35(40)42-15-17-46(34)36)21-9-11-22(12-10-21)37(48)43-29-7-2-3-14-41-29/h2-3,7,9-12,14-15,17,23-28,31-32H,5-6,13,16,18-20H2,1H3,(H2,40,42)(H,41,43,48)/q-1/t23?,24?,25?,26?,27?,28-,31?,32?/m0/s1. The van der Waals surface area contributed by atoms with E-state index < -0.39 is 19.8 Å². The molecule has 2 aliphatic heterocycles. The fourth-order valence-corrected chi connectivity index (χ4v) is 17.8. The van der Waals surface area contributed by atoms with Gasteiger partial charge in [-0.1, -0.05) is 6.07 Å². The molecule has 3 N–H and O–H groups in total. The van der Waals surface area contributed by atoms with E-state index in [1.54, 1.807) is 41.1 Å². The number of likely N-dealkylation sites (tertiary alicyclic amines) is 1. The van der Waals surface area contributed by atoms with E-state index in [1.807, 2.05) is 33.7 Å². The van der Waals surface area contributed by atoms with Crippen LogP contribution in [0.3, 0.4) is 0 Å². The number of hydrogen-bond acceptors (Lipinski definition) is 6. The first-order chi connectivity index (χ1) is 23.5. The molecule has 3 saturated carbocycles. The molecule has 0 radical (unpaired) electrons. The van der Waals surface area contributed by atoms with Crippen LogP contribution in [0.5, 0.6) is 0 Å². The number of nitrogens with one attached hydrogen (secondary N) is 1. The van der Waals surface area contributed by atoms with E-state index in [0.29, 0.717) is 56.2 Å². The minimum absolute atomic E-state index is 0.103. The Morgan fingerprint density at radius 3 is 2.71 bits per heavy atom. The summed E-state index contributed by atoms with van der Waals surface area (Å²) in [5.41, 5.74) is 9.10. The molecule has 11 heteroatoms. The second kappa shape index (κ2) is 12.3. The number of alkyl halides is 5. The Balaban J connectivity index is 0.892. The molecular weight excluding hydrogens is 828 g/mol. The van der Waals surface area contributed by atoms with Gasteiger partial charge in [-0.15, -0.1) is 0 Å². The van der Waals surface area contributed by atoms with E-state index in [0.717, 1.165) is 62.2 Å². The van der Waals surface area contributed by atoms with Crippen molar-refractivity contribution in [3.05, 3.63) is 72.4 Å². The SMILES string of the molecule is CI(CC#CC(=O)N1CCC[C@H]1c1nc(-c2ccc(C(=O)Nc3ccccn3)cc2)c2c(N)nccn12)C1CC1C1CC2C3[I-]CC3C12. The number of fused-ring (bicyclic) bond motifs is 5. The van der Waals surface area contributed by atoms with Gasteiger partial charge in [-0.3, -0.25) is 4.79 Å². The van der Waals surface area contributed by atoms with Crippen LogP contribution in [0, 0.1) is 41.4 Å². The van der Waals surface area contributed by atoms with E-state index in [-0.39, 0.29) is 17.9 Å². The molecule has 0 spiro atoms. The number of nitrogens with two attached hydrogens (primary N) is 1. The number of nitrogen functional groups attached to an aromatic ring is 1. The predicted molar refractivity (Wildman–Crippen MR) is 190 cm³/mol. The van der Waals surface area contributed by atoms with Crippen LogP contribution in [0.2, 0.25) is 0 Å². The van der Waals surface area contributed by atoms with E-state index in [9.17, 15) is 9.59 Å². The molecule has 248 valence electrons. The number of rotatable bonds is 7. The fourth-order valence-electron chi connectivity index (χ4n) is 8.73. The summed E-state index contributed by atoms with van der Waals surface area (Å²) >= 11 is -0.589. The summed E-state index contributed by atoms with van der Waals surface area (Å²) in [6, 6.07) is 12.4. The van der Waals surface area contributed by atoms with Crippen molar-refractivity contribution in [2.75, 3.05) is 31.4 Å². The summed E-state index contributed by atoms with van der Waals surface area (Å²) in [6.45, 7) is 0.664. The molecule has 2 saturated heterocycles. The molecule has 0 bridgehead atoms. The van der Waals surface area contributed by atoms with Crippen LogP contribution in [0.15, 0.2) is 61.1 Å². The van der Waals surface area contributed by atoms with Gasteiger partial charge in [0, 0.05) is 11.8 Å². The average molecular weight is 867 g/mol. The molecule has 48 heavy (non-hydrogen) atoms. The number of imidazole rings is 1. The van der Waals surface area contributed by atoms with Gasteiger partial charge >= 0.3 is 243 Å². The molecule has 5 aliphatic rings. The van der Waals surface area contributed by atoms with E-state index >= 15 is 0 Å². The Morgan fingerprint density at radius 1 is 1.06 bits per heavy atom. The Labute approximate surface area is 297 Å². The Hall–Kier alpha value is -3.25. The van der Waals surface area contributed by atoms with Crippen LogP contribution in [-0.2, 0) is 4.79 Å². The molecule has 3 aromatic heterocycles. The summed E-state index contributed by atoms with van der Waals surface area (Å²) in [5.74, 6) is 13.1. The predicted octanol–water partition coefficient (Wildman–Crippen LogP) is 2.17. The van der Waals surface area contributed by atoms with E-state index in [2.05, 4.69) is 32.1 Å². The number of anilines is 2. The van der Waals surface area contributed by atoms with Crippen molar-refractivity contribution >= 4 is 48.8 Å². The van der Waals surface area contributed by atoms with Crippen molar-refractivity contribution in [3.8, 4) is 23.1 Å². The third-order valence-corrected chi connectivity index (χ3v) is 21.4. The number of benzene rings is 1. The van der Waals surface area contributed by atoms with Crippen molar-refractivity contribution in [3.63, 3.8) is 0 Å². The van der Waals surface area contributed by atoms with Crippen LogP contribution in [0.25, 0.3) is 16.8 Å². The Kier molecular flexibility index (Phi) is 7.86. The van der Waals surface area contributed by atoms with E-state index in [4.69, 9.17) is 10.7 Å². The van der Waals surface area contributed by atoms with Crippen LogP contribution >= 0.6 is 19.8 Å². The van der Waals surface area contributed by atoms with Crippen molar-refractivity contribution in [2.45, 2.75) is 39.6 Å². The number of pyridine rings is 1. The van der Waals surface area contributed by atoms with Gasteiger partial charge in [0.05, 0.1) is 0 Å². The van der Waals surface area contributed by atoms with Gasteiger partial charge in [-0.2, -0.15) is 0 Å². The van der Waals surface area contributed by atoms with Crippen molar-refractivity contribution < 1.29 is 30.8 Å². The summed E-state index contributed by atoms with van der Waals surface area (Å²) in [7, 11) is 0. The van der Waals surface area contributed by atoms with Gasteiger partial charge in [0.1, 0.15) is 5.82 Å². The van der Waals surface area contributed by atoms with Gasteiger partial charge in [0.15, 0.2) is 0 Å². The zero-order valence-electron chi connectivity index (χ0n) is 26.7. The first-order valence-electron chi connectivity index (χ1n) is 16.8. The monoisotopic (exact) mass is 866 g/mol. The quantitative estimate of drug-likeness (QED) is 0.167. The van der Waals surface area contributed by atoms with Gasteiger partial charge in [0.25, 0.3) is 5.91 Å². The third-order valence-electron chi connectivity index (χ3n) is 11.3. The summed E-state index contributed by atoms with van der Waals surface area (Å²) < 4.78 is 6.69. The maximum absolute atomic E-state index is 13.6. The maximum atomic E-state index is 13.6. The van der Waals surface area contributed by atoms with Gasteiger partial charge in [0.2, 0.25) is 0 Å². The molecule has 3 aliphatic carbocycles. The summed E-state index contributed by atoms with van der Waals surface area (Å²) in [4.78, 5) is 44.4. The number of halogens is 2. The second-order valence-corrected chi connectivity index (χ2v) is 23.0. The normalized spacial score (nSPS) is 29.9. The van der Waals surface area contributed by atoms with Crippen molar-refractivity contribution in [1.29, 1.82) is 0 Å². The summed E-state index contributed by atoms with van der Waals surface area (Å²) in [6.07, 6.45) is 9.85. The van der Waals surface area contributed by atoms with Gasteiger partial charge < -0.3 is 5.32 Å². The number of aromatic nitrogens is 4. The zero-order chi connectivity index (χ0) is 32.5. The molecule has 9 rings (SSSR count). The third kappa shape index (κ3) is 5.20. The number of hydrogen-bond donors (Lipinski definition) is 2. The van der Waals surface area contributed by atoms with Crippen LogP contribution in [-0.4, -0.2) is 64.2 Å². The molecule has 8 atom stereocenters. The fraction of sp³-hybridized carbons (Fsp3) is 0.432. The van der Waals surface area contributed by atoms with E-state index in [1.165, 1.54) is 16.8 Å². The number of nitrogens with zero attached hydrogens (tertiary/aromatic N) is 5. The Morgan fingerprint density at radius 2 is 1.94 bits per heavy atom. The topological polar surface area (TPSA) is 119 Å². The number of carbonyl (C=O) groups is 2. The first-order valence-corrected chi connectivity index (χ1v) is 24.5. The molecule has 5 heterocycles. The van der Waals surface area contributed by atoms with Crippen molar-refractivity contribution in [1.82, 2.24) is 24.3 Å². The second-order valence-electron chi connectivity index (χ2n) is 13.8. The van der Waals surface area contributed by atoms with Gasteiger partial charge in [-0.05, 0) is 12.1 Å². The van der Waals surface area contributed by atoms with Crippen LogP contribution in [0.1, 0.15) is 47.9 Å². The molecule has 7 unspecified atom stereocenters. The zero-order valence-corrected chi connectivity index (χ0v) is 31.0. The van der Waals surface area contributed by atoms with Crippen LogP contribution < -0.4 is 32.3 Å². The molecule has 5 fully saturated rings. The molecule has 2 amide bonds. The summed E-state index contributed by atoms with van der Waals surface area (Å²) in [5, 5.41) is 2.82.